The van der Waals surface area contributed by atoms with Gasteiger partial charge in [0.15, 0.2) is 0 Å². The number of rotatable bonds is 5. The molecule has 2 rings (SSSR count). The van der Waals surface area contributed by atoms with Crippen LogP contribution in [0.1, 0.15) is 46.6 Å². The SMILES string of the molecule is CCC(C)C.CN=C(C=C(C)C)c1cc(OC)c2ncnc(NC)c2c1. The number of aliphatic imine (C=N–C) groups is 1. The predicted octanol–water partition coefficient (Wildman–Crippen LogP) is 5.12. The molecule has 26 heavy (non-hydrogen) atoms. The normalized spacial score (nSPS) is 11.0. The van der Waals surface area contributed by atoms with Crippen molar-refractivity contribution in [3.63, 3.8) is 0 Å². The highest BCUT2D eigenvalue weighted by Gasteiger charge is 2.12. The van der Waals surface area contributed by atoms with E-state index in [0.717, 1.165) is 33.9 Å². The first-order chi connectivity index (χ1) is 12.4. The van der Waals surface area contributed by atoms with Gasteiger partial charge in [0.05, 0.1) is 12.8 Å². The molecule has 0 unspecified atom stereocenters. The molecule has 0 fully saturated rings. The van der Waals surface area contributed by atoms with Gasteiger partial charge < -0.3 is 10.1 Å². The van der Waals surface area contributed by atoms with E-state index in [2.05, 4.69) is 41.0 Å². The lowest BCUT2D eigenvalue weighted by atomic mass is 10.0. The molecule has 0 bridgehead atoms. The van der Waals surface area contributed by atoms with Crippen LogP contribution in [0.15, 0.2) is 35.1 Å². The number of hydrogen-bond acceptors (Lipinski definition) is 5. The summed E-state index contributed by atoms with van der Waals surface area (Å²) in [4.78, 5) is 12.9. The van der Waals surface area contributed by atoms with Crippen molar-refractivity contribution in [2.24, 2.45) is 10.9 Å². The molecule has 142 valence electrons. The highest BCUT2D eigenvalue weighted by Crippen LogP contribution is 2.29. The van der Waals surface area contributed by atoms with E-state index in [1.165, 1.54) is 18.3 Å². The number of fused-ring (bicyclic) bond motifs is 1. The van der Waals surface area contributed by atoms with Crippen LogP contribution < -0.4 is 10.1 Å². The molecule has 0 spiro atoms. The summed E-state index contributed by atoms with van der Waals surface area (Å²) >= 11 is 0. The van der Waals surface area contributed by atoms with Crippen molar-refractivity contribution in [1.82, 2.24) is 9.97 Å². The summed E-state index contributed by atoms with van der Waals surface area (Å²) in [7, 11) is 5.27. The molecule has 1 aromatic heterocycles. The van der Waals surface area contributed by atoms with Gasteiger partial charge in [0.1, 0.15) is 23.4 Å². The standard InChI is InChI=1S/C16H20N4O.C5H12/c1-10(2)6-13(17-3)11-7-12-15(14(8-11)21-5)19-9-20-16(12)18-4;1-4-5(2)3/h6-9H,1-5H3,(H,18,19,20);5H,4H2,1-3H3. The second-order valence-electron chi connectivity index (χ2n) is 6.68. The summed E-state index contributed by atoms with van der Waals surface area (Å²) in [6.45, 7) is 10.7. The molecular formula is C21H32N4O. The second kappa shape index (κ2) is 10.5. The number of nitrogens with one attached hydrogen (secondary N) is 1. The van der Waals surface area contributed by atoms with Crippen LogP contribution in [-0.2, 0) is 0 Å². The fraction of sp³-hybridized carbons (Fsp3) is 0.476. The Morgan fingerprint density at radius 2 is 1.92 bits per heavy atom. The maximum atomic E-state index is 5.47. The van der Waals surface area contributed by atoms with E-state index in [1.54, 1.807) is 14.2 Å². The number of nitrogens with zero attached hydrogens (tertiary/aromatic N) is 3. The quantitative estimate of drug-likeness (QED) is 0.756. The molecule has 0 aliphatic carbocycles. The number of benzene rings is 1. The van der Waals surface area contributed by atoms with E-state index in [1.807, 2.05) is 39.1 Å². The molecule has 2 aromatic rings. The molecule has 0 aliphatic heterocycles. The number of anilines is 1. The Hall–Kier alpha value is -2.43. The molecule has 0 aliphatic rings. The molecule has 5 nitrogen and oxygen atoms in total. The van der Waals surface area contributed by atoms with Gasteiger partial charge >= 0.3 is 0 Å². The highest BCUT2D eigenvalue weighted by molar-refractivity contribution is 6.12. The summed E-state index contributed by atoms with van der Waals surface area (Å²) in [5.74, 6) is 2.37. The summed E-state index contributed by atoms with van der Waals surface area (Å²) in [6, 6.07) is 3.99. The smallest absolute Gasteiger partial charge is 0.145 e. The van der Waals surface area contributed by atoms with Crippen molar-refractivity contribution >= 4 is 22.4 Å². The molecule has 1 heterocycles. The number of hydrogen-bond donors (Lipinski definition) is 1. The summed E-state index contributed by atoms with van der Waals surface area (Å²) < 4.78 is 5.47. The topological polar surface area (TPSA) is 59.4 Å². The zero-order chi connectivity index (χ0) is 19.7. The number of aromatic nitrogens is 2. The van der Waals surface area contributed by atoms with E-state index >= 15 is 0 Å². The average Bonchev–Trinajstić information content (AvgIpc) is 2.64. The van der Waals surface area contributed by atoms with Crippen molar-refractivity contribution < 1.29 is 4.74 Å². The van der Waals surface area contributed by atoms with Gasteiger partial charge in [-0.05, 0) is 38.0 Å². The van der Waals surface area contributed by atoms with Crippen molar-refractivity contribution in [3.8, 4) is 5.75 Å². The first-order valence-electron chi connectivity index (χ1n) is 9.00. The third kappa shape index (κ3) is 5.83. The van der Waals surface area contributed by atoms with Gasteiger partial charge in [0.2, 0.25) is 0 Å². The third-order valence-corrected chi connectivity index (χ3v) is 3.94. The van der Waals surface area contributed by atoms with E-state index in [0.29, 0.717) is 5.75 Å². The van der Waals surface area contributed by atoms with E-state index in [-0.39, 0.29) is 0 Å². The van der Waals surface area contributed by atoms with Gasteiger partial charge in [-0.2, -0.15) is 0 Å². The molecule has 0 radical (unpaired) electrons. The molecular weight excluding hydrogens is 324 g/mol. The Morgan fingerprint density at radius 1 is 1.27 bits per heavy atom. The molecule has 1 aromatic carbocycles. The first kappa shape index (κ1) is 21.6. The van der Waals surface area contributed by atoms with Crippen LogP contribution in [-0.4, -0.2) is 36.9 Å². The van der Waals surface area contributed by atoms with Crippen LogP contribution in [0.5, 0.6) is 5.75 Å². The predicted molar refractivity (Wildman–Crippen MR) is 113 cm³/mol. The van der Waals surface area contributed by atoms with Crippen molar-refractivity contribution in [2.75, 3.05) is 26.5 Å². The minimum Gasteiger partial charge on any atom is -0.494 e. The zero-order valence-corrected chi connectivity index (χ0v) is 17.3. The van der Waals surface area contributed by atoms with Gasteiger partial charge in [-0.3, -0.25) is 4.99 Å². The molecule has 0 saturated carbocycles. The van der Waals surface area contributed by atoms with Gasteiger partial charge in [-0.25, -0.2) is 9.97 Å². The Morgan fingerprint density at radius 3 is 2.38 bits per heavy atom. The van der Waals surface area contributed by atoms with Crippen LogP contribution in [0.25, 0.3) is 10.9 Å². The van der Waals surface area contributed by atoms with E-state index in [9.17, 15) is 0 Å². The summed E-state index contributed by atoms with van der Waals surface area (Å²) in [5.41, 5.74) is 3.86. The summed E-state index contributed by atoms with van der Waals surface area (Å²) in [6.07, 6.45) is 4.88. The van der Waals surface area contributed by atoms with Crippen LogP contribution in [0.3, 0.4) is 0 Å². The van der Waals surface area contributed by atoms with Crippen LogP contribution in [0.4, 0.5) is 5.82 Å². The van der Waals surface area contributed by atoms with Crippen molar-refractivity contribution in [3.05, 3.63) is 35.7 Å². The minimum atomic E-state index is 0.713. The Bertz CT molecular complexity index is 775. The first-order valence-corrected chi connectivity index (χ1v) is 9.00. The van der Waals surface area contributed by atoms with Crippen molar-refractivity contribution in [1.29, 1.82) is 0 Å². The van der Waals surface area contributed by atoms with E-state index < -0.39 is 0 Å². The van der Waals surface area contributed by atoms with Gasteiger partial charge in [0.25, 0.3) is 0 Å². The second-order valence-corrected chi connectivity index (χ2v) is 6.68. The Kier molecular flexibility index (Phi) is 8.76. The molecule has 0 saturated heterocycles. The monoisotopic (exact) mass is 356 g/mol. The van der Waals surface area contributed by atoms with Crippen LogP contribution in [0, 0.1) is 5.92 Å². The molecule has 5 heteroatoms. The van der Waals surface area contributed by atoms with Crippen molar-refractivity contribution in [2.45, 2.75) is 41.0 Å². The Labute approximate surface area is 157 Å². The fourth-order valence-corrected chi connectivity index (χ4v) is 2.19. The number of methoxy groups -OCH3 is 1. The highest BCUT2D eigenvalue weighted by atomic mass is 16.5. The summed E-state index contributed by atoms with van der Waals surface area (Å²) in [5, 5.41) is 4.00. The van der Waals surface area contributed by atoms with Crippen LogP contribution in [0.2, 0.25) is 0 Å². The Balaban J connectivity index is 0.000000597. The lowest BCUT2D eigenvalue weighted by Crippen LogP contribution is -2.02. The maximum absolute atomic E-state index is 5.47. The lowest BCUT2D eigenvalue weighted by Gasteiger charge is -2.11. The third-order valence-electron chi connectivity index (χ3n) is 3.94. The van der Waals surface area contributed by atoms with Gasteiger partial charge in [0, 0.05) is 25.0 Å². The zero-order valence-electron chi connectivity index (χ0n) is 17.3. The molecule has 0 amide bonds. The minimum absolute atomic E-state index is 0.713. The lowest BCUT2D eigenvalue weighted by molar-refractivity contribution is 0.419. The fourth-order valence-electron chi connectivity index (χ4n) is 2.19. The average molecular weight is 357 g/mol. The van der Waals surface area contributed by atoms with E-state index in [4.69, 9.17) is 4.74 Å². The van der Waals surface area contributed by atoms with Crippen LogP contribution >= 0.6 is 0 Å². The molecule has 0 atom stereocenters. The molecule has 1 N–H and O–H groups in total. The van der Waals surface area contributed by atoms with Gasteiger partial charge in [-0.15, -0.1) is 0 Å². The maximum Gasteiger partial charge on any atom is 0.145 e. The number of ether oxygens (including phenoxy) is 1. The number of allylic oxidation sites excluding steroid dienone is 2. The van der Waals surface area contributed by atoms with Gasteiger partial charge in [-0.1, -0.05) is 32.8 Å². The largest absolute Gasteiger partial charge is 0.494 e.